The smallest absolute Gasteiger partial charge is 0.333 e. The second-order valence-corrected chi connectivity index (χ2v) is 6.25. The van der Waals surface area contributed by atoms with Gasteiger partial charge in [0.15, 0.2) is 0 Å². The van der Waals surface area contributed by atoms with Crippen LogP contribution in [0.4, 0.5) is 0 Å². The number of hydrogen-bond donors (Lipinski definition) is 0. The zero-order chi connectivity index (χ0) is 20.0. The van der Waals surface area contributed by atoms with Gasteiger partial charge in [-0.1, -0.05) is 73.8 Å². The average molecular weight is 371 g/mol. The van der Waals surface area contributed by atoms with Gasteiger partial charge in [0.05, 0.1) is 6.61 Å². The third kappa shape index (κ3) is 18.5. The van der Waals surface area contributed by atoms with Crippen molar-refractivity contribution in [2.75, 3.05) is 6.61 Å². The minimum atomic E-state index is -0.202. The predicted octanol–water partition coefficient (Wildman–Crippen LogP) is 7.42. The van der Waals surface area contributed by atoms with Crippen LogP contribution in [0.15, 0.2) is 72.4 Å². The lowest BCUT2D eigenvalue weighted by Crippen LogP contribution is -2.04. The molecule has 0 saturated carbocycles. The van der Waals surface area contributed by atoms with Gasteiger partial charge in [-0.3, -0.25) is 0 Å². The molecule has 0 radical (unpaired) electrons. The summed E-state index contributed by atoms with van der Waals surface area (Å²) in [4.78, 5) is 11.4. The van der Waals surface area contributed by atoms with E-state index in [0.29, 0.717) is 12.2 Å². The predicted molar refractivity (Wildman–Crippen MR) is 119 cm³/mol. The van der Waals surface area contributed by atoms with Crippen molar-refractivity contribution in [1.29, 1.82) is 0 Å². The van der Waals surface area contributed by atoms with Gasteiger partial charge in [0, 0.05) is 5.57 Å². The van der Waals surface area contributed by atoms with Gasteiger partial charge in [-0.25, -0.2) is 4.79 Å². The van der Waals surface area contributed by atoms with E-state index in [2.05, 4.69) is 67.7 Å². The highest BCUT2D eigenvalue weighted by Gasteiger charge is 2.02. The van der Waals surface area contributed by atoms with Crippen molar-refractivity contribution >= 4 is 5.97 Å². The van der Waals surface area contributed by atoms with Gasteiger partial charge in [0.1, 0.15) is 0 Å². The third-order valence-electron chi connectivity index (χ3n) is 3.78. The molecule has 0 spiro atoms. The minimum absolute atomic E-state index is 0.202. The Morgan fingerprint density at radius 2 is 1.19 bits per heavy atom. The molecule has 150 valence electrons. The highest BCUT2D eigenvalue weighted by molar-refractivity contribution is 5.87. The molecule has 0 aromatic carbocycles. The maximum Gasteiger partial charge on any atom is 0.333 e. The van der Waals surface area contributed by atoms with E-state index in [1.165, 1.54) is 0 Å². The second kappa shape index (κ2) is 20.2. The molecule has 2 heteroatoms. The van der Waals surface area contributed by atoms with E-state index < -0.39 is 0 Å². The normalized spacial score (nSPS) is 13.2. The summed E-state index contributed by atoms with van der Waals surface area (Å²) in [5.41, 5.74) is 0.709. The fourth-order valence-electron chi connectivity index (χ4n) is 2.25. The maximum atomic E-state index is 11.4. The summed E-state index contributed by atoms with van der Waals surface area (Å²) in [5, 5.41) is 0. The Hall–Kier alpha value is -2.09. The monoisotopic (exact) mass is 370 g/mol. The molecule has 0 aliphatic heterocycles. The number of allylic oxidation sites excluding steroid dienone is 11. The van der Waals surface area contributed by atoms with Crippen molar-refractivity contribution in [3.05, 3.63) is 72.4 Å². The first-order valence-electron chi connectivity index (χ1n) is 10.3. The molecule has 0 aliphatic rings. The molecule has 0 N–H and O–H groups in total. The van der Waals surface area contributed by atoms with Crippen LogP contribution in [0, 0.1) is 0 Å². The van der Waals surface area contributed by atoms with Crippen molar-refractivity contribution in [3.63, 3.8) is 0 Å². The van der Waals surface area contributed by atoms with Gasteiger partial charge in [-0.15, -0.1) is 0 Å². The third-order valence-corrected chi connectivity index (χ3v) is 3.78. The van der Waals surface area contributed by atoms with Gasteiger partial charge < -0.3 is 4.74 Å². The Bertz CT molecular complexity index is 531. The topological polar surface area (TPSA) is 26.3 Å². The Morgan fingerprint density at radius 1 is 0.704 bits per heavy atom. The molecule has 2 nitrogen and oxygen atoms in total. The van der Waals surface area contributed by atoms with Crippen LogP contribution in [0.25, 0.3) is 0 Å². The number of hydrogen-bond acceptors (Lipinski definition) is 2. The van der Waals surface area contributed by atoms with Crippen LogP contribution >= 0.6 is 0 Å². The van der Waals surface area contributed by atoms with E-state index in [9.17, 15) is 4.79 Å². The second-order valence-electron chi connectivity index (χ2n) is 6.25. The van der Waals surface area contributed by atoms with Crippen molar-refractivity contribution in [2.24, 2.45) is 0 Å². The van der Waals surface area contributed by atoms with E-state index >= 15 is 0 Å². The van der Waals surface area contributed by atoms with Crippen LogP contribution < -0.4 is 0 Å². The van der Waals surface area contributed by atoms with Crippen LogP contribution in [0.5, 0.6) is 0 Å². The fraction of sp³-hybridized carbons (Fsp3) is 0.480. The lowest BCUT2D eigenvalue weighted by Gasteiger charge is -2.00. The Balaban J connectivity index is 3.63. The molecule has 0 fully saturated rings. The van der Waals surface area contributed by atoms with Crippen LogP contribution in [-0.4, -0.2) is 12.6 Å². The summed E-state index contributed by atoms with van der Waals surface area (Å²) in [7, 11) is 0. The number of esters is 1. The molecule has 0 aliphatic carbocycles. The number of unbranched alkanes of at least 4 members (excludes halogenated alkanes) is 2. The molecule has 27 heavy (non-hydrogen) atoms. The molecule has 0 bridgehead atoms. The molecule has 0 aromatic rings. The molecule has 0 unspecified atom stereocenters. The molecular formula is C25H38O2. The van der Waals surface area contributed by atoms with E-state index in [0.717, 1.165) is 51.4 Å². The zero-order valence-corrected chi connectivity index (χ0v) is 17.5. The lowest BCUT2D eigenvalue weighted by molar-refractivity contribution is -0.138. The molecule has 0 amide bonds. The first-order valence-corrected chi connectivity index (χ1v) is 10.3. The van der Waals surface area contributed by atoms with E-state index in [1.54, 1.807) is 0 Å². The van der Waals surface area contributed by atoms with Gasteiger partial charge in [0.25, 0.3) is 0 Å². The van der Waals surface area contributed by atoms with Crippen LogP contribution in [0.1, 0.15) is 72.1 Å². The van der Waals surface area contributed by atoms with Crippen LogP contribution in [0.2, 0.25) is 0 Å². The average Bonchev–Trinajstić information content (AvgIpc) is 2.67. The quantitative estimate of drug-likeness (QED) is 0.130. The summed E-state index contributed by atoms with van der Waals surface area (Å²) < 4.78 is 4.95. The van der Waals surface area contributed by atoms with Crippen molar-refractivity contribution in [2.45, 2.75) is 72.1 Å². The van der Waals surface area contributed by atoms with Gasteiger partial charge in [-0.2, -0.15) is 0 Å². The summed E-state index contributed by atoms with van der Waals surface area (Å²) >= 11 is 0. The number of rotatable bonds is 15. The van der Waals surface area contributed by atoms with Crippen LogP contribution in [0.3, 0.4) is 0 Å². The summed E-state index contributed by atoms with van der Waals surface area (Å²) in [5.74, 6) is -0.202. The first kappa shape index (κ1) is 24.9. The standard InChI is InChI=1S/C25H38O2/c1-4-6-7-8-9-10-11-12-13-14-15-16-17-18-19-20-21-22-23-24(3)25(26)27-5-2/h6-7,9-10,12-13,15-16,18-19,23H,4-5,8,11,14,17,20-22H2,1-3H3. The highest BCUT2D eigenvalue weighted by atomic mass is 16.5. The molecule has 0 rings (SSSR count). The molecule has 0 atom stereocenters. The molecule has 0 heterocycles. The van der Waals surface area contributed by atoms with E-state index in [1.807, 2.05) is 19.9 Å². The van der Waals surface area contributed by atoms with Crippen molar-refractivity contribution in [3.8, 4) is 0 Å². The Morgan fingerprint density at radius 3 is 1.67 bits per heavy atom. The summed E-state index contributed by atoms with van der Waals surface area (Å²) in [6, 6.07) is 0. The van der Waals surface area contributed by atoms with Gasteiger partial charge >= 0.3 is 5.97 Å². The molecule has 0 saturated heterocycles. The number of ether oxygens (including phenoxy) is 1. The molecule has 0 aromatic heterocycles. The van der Waals surface area contributed by atoms with E-state index in [4.69, 9.17) is 4.74 Å². The fourth-order valence-corrected chi connectivity index (χ4v) is 2.25. The Labute approximate surface area is 167 Å². The van der Waals surface area contributed by atoms with Crippen molar-refractivity contribution in [1.82, 2.24) is 0 Å². The first-order chi connectivity index (χ1) is 13.2. The minimum Gasteiger partial charge on any atom is -0.463 e. The number of carbonyl (C=O) groups is 1. The van der Waals surface area contributed by atoms with E-state index in [-0.39, 0.29) is 5.97 Å². The van der Waals surface area contributed by atoms with Crippen molar-refractivity contribution < 1.29 is 9.53 Å². The Kier molecular flexibility index (Phi) is 18.7. The molecular weight excluding hydrogens is 332 g/mol. The number of carbonyl (C=O) groups excluding carboxylic acids is 1. The zero-order valence-electron chi connectivity index (χ0n) is 17.5. The SMILES string of the molecule is CCC=CCC=CCC=CCC=CCC=CCCCC=C(C)C(=O)OCC. The van der Waals surface area contributed by atoms with Gasteiger partial charge in [0.2, 0.25) is 0 Å². The van der Waals surface area contributed by atoms with Gasteiger partial charge in [-0.05, 0) is 65.2 Å². The summed E-state index contributed by atoms with van der Waals surface area (Å²) in [6.45, 7) is 6.23. The van der Waals surface area contributed by atoms with Crippen LogP contribution in [-0.2, 0) is 9.53 Å². The maximum absolute atomic E-state index is 11.4. The summed E-state index contributed by atoms with van der Waals surface area (Å²) in [6.07, 6.45) is 32.2. The largest absolute Gasteiger partial charge is 0.463 e. The lowest BCUT2D eigenvalue weighted by atomic mass is 10.1. The highest BCUT2D eigenvalue weighted by Crippen LogP contribution is 2.04.